The lowest BCUT2D eigenvalue weighted by atomic mass is 9.64. The van der Waals surface area contributed by atoms with Gasteiger partial charge < -0.3 is 5.11 Å². The van der Waals surface area contributed by atoms with Gasteiger partial charge in [0, 0.05) is 6.26 Å². The zero-order valence-electron chi connectivity index (χ0n) is 10.2. The van der Waals surface area contributed by atoms with Crippen LogP contribution >= 0.6 is 0 Å². The van der Waals surface area contributed by atoms with Gasteiger partial charge in [-0.05, 0) is 24.0 Å². The van der Waals surface area contributed by atoms with Gasteiger partial charge in [-0.3, -0.25) is 4.79 Å². The molecule has 5 heteroatoms. The van der Waals surface area contributed by atoms with Crippen molar-refractivity contribution in [2.75, 3.05) is 6.26 Å². The summed E-state index contributed by atoms with van der Waals surface area (Å²) >= 11 is 0. The minimum Gasteiger partial charge on any atom is -0.481 e. The number of aliphatic carboxylic acids is 1. The minimum atomic E-state index is -3.05. The van der Waals surface area contributed by atoms with Crippen molar-refractivity contribution in [2.24, 2.45) is 0 Å². The van der Waals surface area contributed by atoms with Crippen LogP contribution in [0, 0.1) is 0 Å². The van der Waals surface area contributed by atoms with E-state index in [4.69, 9.17) is 0 Å². The molecule has 2 rings (SSSR count). The van der Waals surface area contributed by atoms with Crippen molar-refractivity contribution < 1.29 is 18.3 Å². The van der Waals surface area contributed by atoms with Crippen molar-refractivity contribution in [3.63, 3.8) is 0 Å². The van der Waals surface area contributed by atoms with Crippen LogP contribution in [0.2, 0.25) is 0 Å². The summed E-state index contributed by atoms with van der Waals surface area (Å²) in [5.41, 5.74) is 0.725. The predicted octanol–water partition coefficient (Wildman–Crippen LogP) is 1.74. The Kier molecular flexibility index (Phi) is 3.19. The van der Waals surface area contributed by atoms with E-state index >= 15 is 0 Å². The molecular weight excluding hydrogens is 252 g/mol. The summed E-state index contributed by atoms with van der Waals surface area (Å²) in [6, 6.07) is 6.90. The first-order chi connectivity index (χ1) is 8.33. The summed E-state index contributed by atoms with van der Waals surface area (Å²) in [7, 11) is -3.05. The van der Waals surface area contributed by atoms with Gasteiger partial charge in [0.1, 0.15) is 0 Å². The second-order valence-corrected chi connectivity index (χ2v) is 7.15. The van der Waals surface area contributed by atoms with Gasteiger partial charge in [-0.1, -0.05) is 30.7 Å². The van der Waals surface area contributed by atoms with Crippen molar-refractivity contribution >= 4 is 15.8 Å². The highest BCUT2D eigenvalue weighted by Crippen LogP contribution is 2.43. The lowest BCUT2D eigenvalue weighted by molar-refractivity contribution is -0.147. The quantitative estimate of drug-likeness (QED) is 0.902. The molecule has 0 bridgehead atoms. The minimum absolute atomic E-state index is 0.00660. The molecule has 0 heterocycles. The molecule has 0 aliphatic heterocycles. The molecule has 98 valence electrons. The summed E-state index contributed by atoms with van der Waals surface area (Å²) in [6.45, 7) is 0. The maximum Gasteiger partial charge on any atom is 0.314 e. The average Bonchev–Trinajstić information content (AvgIpc) is 2.15. The average molecular weight is 268 g/mol. The molecule has 0 radical (unpaired) electrons. The van der Waals surface area contributed by atoms with Gasteiger partial charge in [-0.2, -0.15) is 0 Å². The molecule has 1 aromatic carbocycles. The largest absolute Gasteiger partial charge is 0.481 e. The SMILES string of the molecule is CS(=O)(=O)Cc1ccc(C2(C(=O)O)CCC2)cc1. The molecule has 18 heavy (non-hydrogen) atoms. The van der Waals surface area contributed by atoms with E-state index in [0.29, 0.717) is 18.4 Å². The first-order valence-corrected chi connectivity index (χ1v) is 7.90. The van der Waals surface area contributed by atoms with E-state index in [2.05, 4.69) is 0 Å². The van der Waals surface area contributed by atoms with Crippen LogP contribution in [0.1, 0.15) is 30.4 Å². The van der Waals surface area contributed by atoms with E-state index in [0.717, 1.165) is 12.0 Å². The van der Waals surface area contributed by atoms with Crippen LogP contribution in [-0.4, -0.2) is 25.7 Å². The number of sulfone groups is 1. The van der Waals surface area contributed by atoms with Gasteiger partial charge in [0.25, 0.3) is 0 Å². The molecule has 0 aromatic heterocycles. The molecule has 1 aliphatic carbocycles. The van der Waals surface area contributed by atoms with Gasteiger partial charge in [0.05, 0.1) is 11.2 Å². The molecule has 0 spiro atoms. The van der Waals surface area contributed by atoms with Crippen LogP contribution in [0.3, 0.4) is 0 Å². The van der Waals surface area contributed by atoms with E-state index in [9.17, 15) is 18.3 Å². The molecule has 1 saturated carbocycles. The highest BCUT2D eigenvalue weighted by molar-refractivity contribution is 7.89. The zero-order chi connectivity index (χ0) is 13.4. The molecule has 1 fully saturated rings. The lowest BCUT2D eigenvalue weighted by Crippen LogP contribution is -2.42. The predicted molar refractivity (Wildman–Crippen MR) is 68.2 cm³/mol. The number of carbonyl (C=O) groups is 1. The summed E-state index contributed by atoms with van der Waals surface area (Å²) < 4.78 is 22.3. The van der Waals surface area contributed by atoms with Crippen molar-refractivity contribution in [3.05, 3.63) is 35.4 Å². The van der Waals surface area contributed by atoms with Crippen molar-refractivity contribution in [3.8, 4) is 0 Å². The third-order valence-corrected chi connectivity index (χ3v) is 4.41. The number of carboxylic acid groups (broad SMARTS) is 1. The van der Waals surface area contributed by atoms with E-state index in [1.165, 1.54) is 6.26 Å². The fraction of sp³-hybridized carbons (Fsp3) is 0.462. The molecule has 0 saturated heterocycles. The lowest BCUT2D eigenvalue weighted by Gasteiger charge is -2.38. The second kappa shape index (κ2) is 4.39. The Morgan fingerprint density at radius 2 is 1.83 bits per heavy atom. The van der Waals surface area contributed by atoms with E-state index in [1.807, 2.05) is 0 Å². The highest BCUT2D eigenvalue weighted by atomic mass is 32.2. The van der Waals surface area contributed by atoms with Gasteiger partial charge in [0.2, 0.25) is 0 Å². The van der Waals surface area contributed by atoms with Crippen LogP contribution in [0.5, 0.6) is 0 Å². The van der Waals surface area contributed by atoms with Gasteiger partial charge in [-0.25, -0.2) is 8.42 Å². The summed E-state index contributed by atoms with van der Waals surface area (Å²) in [6.07, 6.45) is 3.44. The third-order valence-electron chi connectivity index (χ3n) is 3.55. The Hall–Kier alpha value is -1.36. The van der Waals surface area contributed by atoms with Gasteiger partial charge >= 0.3 is 5.97 Å². The maximum absolute atomic E-state index is 11.3. The van der Waals surface area contributed by atoms with Crippen LogP contribution in [-0.2, 0) is 25.8 Å². The Morgan fingerprint density at radius 1 is 1.28 bits per heavy atom. The van der Waals surface area contributed by atoms with E-state index in [-0.39, 0.29) is 5.75 Å². The monoisotopic (exact) mass is 268 g/mol. The van der Waals surface area contributed by atoms with E-state index in [1.54, 1.807) is 24.3 Å². The molecule has 0 amide bonds. The first-order valence-electron chi connectivity index (χ1n) is 5.84. The van der Waals surface area contributed by atoms with Crippen LogP contribution in [0.25, 0.3) is 0 Å². The standard InChI is InChI=1S/C13H16O4S/c1-18(16,17)9-10-3-5-11(6-4-10)13(12(14)15)7-2-8-13/h3-6H,2,7-9H2,1H3,(H,14,15). The molecule has 1 aliphatic rings. The summed E-state index contributed by atoms with van der Waals surface area (Å²) in [5, 5.41) is 9.30. The number of benzene rings is 1. The number of hydrogen-bond acceptors (Lipinski definition) is 3. The maximum atomic E-state index is 11.3. The van der Waals surface area contributed by atoms with Crippen molar-refractivity contribution in [1.29, 1.82) is 0 Å². The smallest absolute Gasteiger partial charge is 0.314 e. The third kappa shape index (κ3) is 2.41. The fourth-order valence-electron chi connectivity index (χ4n) is 2.38. The summed E-state index contributed by atoms with van der Waals surface area (Å²) in [5.74, 6) is -0.794. The van der Waals surface area contributed by atoms with Gasteiger partial charge in [0.15, 0.2) is 9.84 Å². The highest BCUT2D eigenvalue weighted by Gasteiger charge is 2.45. The van der Waals surface area contributed by atoms with E-state index < -0.39 is 21.2 Å². The van der Waals surface area contributed by atoms with Crippen molar-refractivity contribution in [1.82, 2.24) is 0 Å². The Balaban J connectivity index is 2.25. The number of hydrogen-bond donors (Lipinski definition) is 1. The Bertz CT molecular complexity index is 553. The molecular formula is C13H16O4S. The van der Waals surface area contributed by atoms with Crippen LogP contribution in [0.15, 0.2) is 24.3 Å². The Labute approximate surface area is 107 Å². The molecule has 1 N–H and O–H groups in total. The fourth-order valence-corrected chi connectivity index (χ4v) is 3.18. The number of rotatable bonds is 4. The second-order valence-electron chi connectivity index (χ2n) is 5.01. The van der Waals surface area contributed by atoms with Gasteiger partial charge in [-0.15, -0.1) is 0 Å². The number of carboxylic acids is 1. The first kappa shape index (κ1) is 13.1. The summed E-state index contributed by atoms with van der Waals surface area (Å²) in [4.78, 5) is 11.3. The van der Waals surface area contributed by atoms with Crippen molar-refractivity contribution in [2.45, 2.75) is 30.4 Å². The molecule has 0 atom stereocenters. The van der Waals surface area contributed by atoms with Crippen LogP contribution < -0.4 is 0 Å². The zero-order valence-corrected chi connectivity index (χ0v) is 11.0. The molecule has 4 nitrogen and oxygen atoms in total. The molecule has 0 unspecified atom stereocenters. The normalized spacial score (nSPS) is 18.1. The van der Waals surface area contributed by atoms with Crippen LogP contribution in [0.4, 0.5) is 0 Å². The molecule has 1 aromatic rings. The Morgan fingerprint density at radius 3 is 2.17 bits per heavy atom. The topological polar surface area (TPSA) is 71.4 Å².